The van der Waals surface area contributed by atoms with Crippen LogP contribution in [0.25, 0.3) is 21.8 Å². The fraction of sp³-hybridized carbons (Fsp3) is 0.300. The fourth-order valence-corrected chi connectivity index (χ4v) is 8.44. The number of anilines is 1. The Balaban J connectivity index is 1.17. The third-order valence-corrected chi connectivity index (χ3v) is 10.6. The summed E-state index contributed by atoms with van der Waals surface area (Å²) < 4.78 is 2.56. The summed E-state index contributed by atoms with van der Waals surface area (Å²) in [6, 6.07) is 16.6. The van der Waals surface area contributed by atoms with E-state index in [0.717, 1.165) is 37.1 Å². The van der Waals surface area contributed by atoms with Crippen molar-refractivity contribution in [3.63, 3.8) is 0 Å². The van der Waals surface area contributed by atoms with Crippen LogP contribution in [0.5, 0.6) is 0 Å². The molecule has 1 fully saturated rings. The van der Waals surface area contributed by atoms with Gasteiger partial charge in [0.25, 0.3) is 0 Å². The summed E-state index contributed by atoms with van der Waals surface area (Å²) in [4.78, 5) is 2.58. The zero-order chi connectivity index (χ0) is 28.8. The number of hydrogen-bond donors (Lipinski definition) is 0. The van der Waals surface area contributed by atoms with Gasteiger partial charge in [0.15, 0.2) is 0 Å². The number of hydrogen-bond acceptors (Lipinski definition) is 1. The Morgan fingerprint density at radius 3 is 2.56 bits per heavy atom. The van der Waals surface area contributed by atoms with Gasteiger partial charge in [0, 0.05) is 38.6 Å². The predicted molar refractivity (Wildman–Crippen MR) is 183 cm³/mol. The summed E-state index contributed by atoms with van der Waals surface area (Å²) >= 11 is 6.67. The molecule has 0 aliphatic heterocycles. The van der Waals surface area contributed by atoms with Crippen LogP contribution in [0.4, 0.5) is 5.69 Å². The summed E-state index contributed by atoms with van der Waals surface area (Å²) in [6.45, 7) is 0. The number of halogens is 1. The largest absolute Gasteiger partial charge is 0.334 e. The number of benzene rings is 2. The third-order valence-electron chi connectivity index (χ3n) is 10.2. The second-order valence-corrected chi connectivity index (χ2v) is 13.1. The second kappa shape index (κ2) is 11.4. The normalized spacial score (nSPS) is 26.6. The Morgan fingerprint density at radius 2 is 1.72 bits per heavy atom. The molecule has 4 unspecified atom stereocenters. The monoisotopic (exact) mass is 582 g/mol. The summed E-state index contributed by atoms with van der Waals surface area (Å²) in [5.41, 5.74) is 8.14. The van der Waals surface area contributed by atoms with Gasteiger partial charge in [0.05, 0.1) is 17.6 Å². The average molecular weight is 583 g/mol. The number of fused-ring (bicyclic) bond motifs is 4. The predicted octanol–water partition coefficient (Wildman–Crippen LogP) is 11.0. The van der Waals surface area contributed by atoms with Crippen molar-refractivity contribution < 1.29 is 0 Å². The summed E-state index contributed by atoms with van der Waals surface area (Å²) in [7, 11) is 0. The Labute approximate surface area is 260 Å². The van der Waals surface area contributed by atoms with E-state index in [1.807, 2.05) is 0 Å². The van der Waals surface area contributed by atoms with Crippen molar-refractivity contribution >= 4 is 39.1 Å². The van der Waals surface area contributed by atoms with Gasteiger partial charge in [-0.25, -0.2) is 0 Å². The van der Waals surface area contributed by atoms with Crippen LogP contribution in [0.1, 0.15) is 57.4 Å². The molecule has 1 aromatic heterocycles. The molecular weight excluding hydrogens is 544 g/mol. The maximum Gasteiger partial charge on any atom is 0.0560 e. The molecule has 3 heteroatoms. The van der Waals surface area contributed by atoms with Gasteiger partial charge >= 0.3 is 0 Å². The molecule has 4 atom stereocenters. The molecule has 3 aromatic rings. The van der Waals surface area contributed by atoms with Crippen LogP contribution < -0.4 is 4.90 Å². The van der Waals surface area contributed by atoms with Crippen LogP contribution in [0, 0.1) is 11.8 Å². The Morgan fingerprint density at radius 1 is 0.791 bits per heavy atom. The van der Waals surface area contributed by atoms with Crippen molar-refractivity contribution in [1.29, 1.82) is 0 Å². The Bertz CT molecular complexity index is 1820. The quantitative estimate of drug-likeness (QED) is 0.290. The van der Waals surface area contributed by atoms with Gasteiger partial charge < -0.3 is 9.47 Å². The summed E-state index contributed by atoms with van der Waals surface area (Å²) in [5.74, 6) is 1.01. The van der Waals surface area contributed by atoms with Crippen LogP contribution in [-0.4, -0.2) is 10.6 Å². The molecule has 216 valence electrons. The molecule has 1 saturated carbocycles. The summed E-state index contributed by atoms with van der Waals surface area (Å²) in [5, 5.41) is 3.65. The minimum absolute atomic E-state index is 0.267. The standard InChI is InChI=1S/C40H39ClN2/c41-38-26-25-33(34-15-7-8-16-35(34)38)28-19-21-31(22-20-28)42(29-11-3-1-4-12-29)32-23-24-37-36-17-9-10-18-39(36)43(40(37)27-32)30-13-5-2-6-14-30/h2-3,5-6,9-13,17-21,23-27,30-31,33-34H,1,4,7-8,14-16,22H2. The van der Waals surface area contributed by atoms with Crippen molar-refractivity contribution in [2.75, 3.05) is 4.90 Å². The average Bonchev–Trinajstić information content (AvgIpc) is 3.40. The van der Waals surface area contributed by atoms with Crippen LogP contribution >= 0.6 is 11.6 Å². The molecule has 2 aromatic carbocycles. The van der Waals surface area contributed by atoms with Crippen LogP contribution in [0.3, 0.4) is 0 Å². The Hall–Kier alpha value is -3.75. The lowest BCUT2D eigenvalue weighted by molar-refractivity contribution is 0.391. The highest BCUT2D eigenvalue weighted by atomic mass is 35.5. The van der Waals surface area contributed by atoms with E-state index in [2.05, 4.69) is 125 Å². The van der Waals surface area contributed by atoms with Gasteiger partial charge in [0.1, 0.15) is 0 Å². The van der Waals surface area contributed by atoms with Gasteiger partial charge in [-0.1, -0.05) is 103 Å². The van der Waals surface area contributed by atoms with Gasteiger partial charge in [-0.05, 0) is 92.4 Å². The highest BCUT2D eigenvalue weighted by molar-refractivity contribution is 6.31. The third kappa shape index (κ3) is 4.81. The first-order valence-electron chi connectivity index (χ1n) is 16.2. The molecule has 8 rings (SSSR count). The highest BCUT2D eigenvalue weighted by Gasteiger charge is 2.33. The molecule has 0 bridgehead atoms. The summed E-state index contributed by atoms with van der Waals surface area (Å²) in [6.07, 6.45) is 37.2. The van der Waals surface area contributed by atoms with Crippen molar-refractivity contribution in [3.05, 3.63) is 137 Å². The molecule has 0 N–H and O–H groups in total. The van der Waals surface area contributed by atoms with E-state index >= 15 is 0 Å². The van der Waals surface area contributed by atoms with Gasteiger partial charge in [-0.2, -0.15) is 0 Å². The Kier molecular flexibility index (Phi) is 7.11. The minimum Gasteiger partial charge on any atom is -0.334 e. The number of para-hydroxylation sites is 1. The van der Waals surface area contributed by atoms with Crippen molar-refractivity contribution in [2.24, 2.45) is 11.8 Å². The zero-order valence-corrected chi connectivity index (χ0v) is 25.5. The molecule has 5 aliphatic carbocycles. The van der Waals surface area contributed by atoms with Gasteiger partial charge in [-0.15, -0.1) is 0 Å². The molecule has 0 radical (unpaired) electrons. The molecule has 1 heterocycles. The lowest BCUT2D eigenvalue weighted by atomic mass is 9.70. The lowest BCUT2D eigenvalue weighted by Gasteiger charge is -2.38. The first-order chi connectivity index (χ1) is 21.3. The van der Waals surface area contributed by atoms with Crippen LogP contribution in [-0.2, 0) is 0 Å². The first kappa shape index (κ1) is 26.8. The topological polar surface area (TPSA) is 8.17 Å². The SMILES string of the molecule is ClC1=C2CCCCC2C(C2=CCC(N(C3=CCCC=C3)c3ccc4c5ccccc5n(C5C=CC=CC5)c4c3)C=C2)C=C1. The molecule has 0 spiro atoms. The van der Waals surface area contributed by atoms with Crippen molar-refractivity contribution in [1.82, 2.24) is 4.57 Å². The minimum atomic E-state index is 0.267. The molecule has 43 heavy (non-hydrogen) atoms. The molecule has 5 aliphatic rings. The smallest absolute Gasteiger partial charge is 0.0560 e. The molecular formula is C40H39ClN2. The molecule has 2 nitrogen and oxygen atoms in total. The van der Waals surface area contributed by atoms with Crippen LogP contribution in [0.2, 0.25) is 0 Å². The van der Waals surface area contributed by atoms with E-state index in [0.29, 0.717) is 17.9 Å². The van der Waals surface area contributed by atoms with E-state index in [1.165, 1.54) is 63.6 Å². The van der Waals surface area contributed by atoms with Gasteiger partial charge in [0.2, 0.25) is 0 Å². The van der Waals surface area contributed by atoms with E-state index in [1.54, 1.807) is 0 Å². The van der Waals surface area contributed by atoms with Crippen LogP contribution in [0.15, 0.2) is 137 Å². The zero-order valence-electron chi connectivity index (χ0n) is 24.7. The number of aromatic nitrogens is 1. The maximum atomic E-state index is 6.67. The first-order valence-corrected chi connectivity index (χ1v) is 16.6. The van der Waals surface area contributed by atoms with Gasteiger partial charge in [-0.3, -0.25) is 0 Å². The number of allylic oxidation sites excluding steroid dienone is 13. The highest BCUT2D eigenvalue weighted by Crippen LogP contribution is 2.45. The van der Waals surface area contributed by atoms with E-state index < -0.39 is 0 Å². The lowest BCUT2D eigenvalue weighted by Crippen LogP contribution is -2.34. The van der Waals surface area contributed by atoms with E-state index in [-0.39, 0.29) is 6.04 Å². The number of nitrogens with zero attached hydrogens (tertiary/aromatic N) is 2. The van der Waals surface area contributed by atoms with E-state index in [4.69, 9.17) is 11.6 Å². The molecule has 0 saturated heterocycles. The maximum absolute atomic E-state index is 6.67. The number of rotatable bonds is 5. The van der Waals surface area contributed by atoms with E-state index in [9.17, 15) is 0 Å². The second-order valence-electron chi connectivity index (χ2n) is 12.7. The fourth-order valence-electron chi connectivity index (χ4n) is 8.13. The van der Waals surface area contributed by atoms with Crippen molar-refractivity contribution in [3.8, 4) is 0 Å². The molecule has 0 amide bonds. The van der Waals surface area contributed by atoms with Crippen molar-refractivity contribution in [2.45, 2.75) is 63.5 Å².